The summed E-state index contributed by atoms with van der Waals surface area (Å²) < 4.78 is 8.33. The molecule has 0 aromatic carbocycles. The molecule has 1 aromatic rings. The molecular weight excluding hydrogens is 222 g/mol. The topological polar surface area (TPSA) is 42.8 Å². The largest absolute Gasteiger partial charge is 0.381 e. The smallest absolute Gasteiger partial charge is 0.195 e. The van der Waals surface area contributed by atoms with Crippen molar-refractivity contribution in [2.45, 2.75) is 45.1 Å². The van der Waals surface area contributed by atoms with Gasteiger partial charge in [-0.2, -0.15) is 5.10 Å². The van der Waals surface area contributed by atoms with Crippen LogP contribution in [0.3, 0.4) is 0 Å². The van der Waals surface area contributed by atoms with E-state index in [9.17, 15) is 0 Å². The predicted molar refractivity (Wildman–Crippen MR) is 65.2 cm³/mol. The van der Waals surface area contributed by atoms with E-state index in [1.165, 1.54) is 0 Å². The van der Waals surface area contributed by atoms with E-state index in [2.05, 4.69) is 35.5 Å². The third kappa shape index (κ3) is 2.20. The summed E-state index contributed by atoms with van der Waals surface area (Å²) >= 11 is 5.29. The van der Waals surface area contributed by atoms with E-state index in [0.29, 0.717) is 10.7 Å². The van der Waals surface area contributed by atoms with E-state index in [4.69, 9.17) is 17.0 Å². The Morgan fingerprint density at radius 2 is 2.25 bits per heavy atom. The molecule has 0 aliphatic carbocycles. The Hall–Kier alpha value is -0.680. The lowest BCUT2D eigenvalue weighted by Crippen LogP contribution is -2.28. The number of aromatic amines is 1. The van der Waals surface area contributed by atoms with E-state index in [1.807, 2.05) is 0 Å². The Labute approximate surface area is 101 Å². The van der Waals surface area contributed by atoms with Gasteiger partial charge in [-0.1, -0.05) is 0 Å². The Morgan fingerprint density at radius 3 is 2.81 bits per heavy atom. The van der Waals surface area contributed by atoms with Crippen LogP contribution in [0.5, 0.6) is 0 Å². The molecule has 0 amide bonds. The average molecular weight is 241 g/mol. The van der Waals surface area contributed by atoms with Gasteiger partial charge >= 0.3 is 0 Å². The van der Waals surface area contributed by atoms with Crippen LogP contribution in [0.15, 0.2) is 0 Å². The van der Waals surface area contributed by atoms with Gasteiger partial charge in [-0.15, -0.1) is 0 Å². The van der Waals surface area contributed by atoms with Gasteiger partial charge in [0.1, 0.15) is 5.82 Å². The number of rotatable bonds is 1. The lowest BCUT2D eigenvalue weighted by Gasteiger charge is -2.27. The first-order chi connectivity index (χ1) is 7.50. The summed E-state index contributed by atoms with van der Waals surface area (Å²) in [6.07, 6.45) is 2.24. The SMILES string of the molecule is CC(C)(C)n1c(C2CCCOC2)n[nH]c1=S. The Kier molecular flexibility index (Phi) is 3.17. The molecule has 2 rings (SSSR count). The Bertz CT molecular complexity index is 410. The summed E-state index contributed by atoms with van der Waals surface area (Å²) in [4.78, 5) is 0. The van der Waals surface area contributed by atoms with Crippen LogP contribution < -0.4 is 0 Å². The van der Waals surface area contributed by atoms with Crippen LogP contribution in [0.25, 0.3) is 0 Å². The first-order valence-electron chi connectivity index (χ1n) is 5.75. The summed E-state index contributed by atoms with van der Waals surface area (Å²) in [7, 11) is 0. The highest BCUT2D eigenvalue weighted by Gasteiger charge is 2.26. The highest BCUT2D eigenvalue weighted by Crippen LogP contribution is 2.27. The van der Waals surface area contributed by atoms with Crippen molar-refractivity contribution in [2.75, 3.05) is 13.2 Å². The molecule has 0 bridgehead atoms. The van der Waals surface area contributed by atoms with Gasteiger partial charge < -0.3 is 4.74 Å². The number of aromatic nitrogens is 3. The minimum Gasteiger partial charge on any atom is -0.381 e. The molecule has 0 spiro atoms. The van der Waals surface area contributed by atoms with Crippen LogP contribution in [0, 0.1) is 4.77 Å². The van der Waals surface area contributed by atoms with Gasteiger partial charge in [0.25, 0.3) is 0 Å². The normalized spacial score (nSPS) is 22.3. The number of H-pyrrole nitrogens is 1. The van der Waals surface area contributed by atoms with Crippen molar-refractivity contribution < 1.29 is 4.74 Å². The Morgan fingerprint density at radius 1 is 1.50 bits per heavy atom. The molecule has 1 atom stereocenters. The molecule has 90 valence electrons. The van der Waals surface area contributed by atoms with Crippen molar-refractivity contribution in [1.29, 1.82) is 0 Å². The molecule has 4 nitrogen and oxygen atoms in total. The maximum absolute atomic E-state index is 5.51. The maximum Gasteiger partial charge on any atom is 0.195 e. The summed E-state index contributed by atoms with van der Waals surface area (Å²) in [6.45, 7) is 8.06. The minimum absolute atomic E-state index is 0.0309. The summed E-state index contributed by atoms with van der Waals surface area (Å²) in [5.74, 6) is 1.41. The summed E-state index contributed by atoms with van der Waals surface area (Å²) in [6, 6.07) is 0. The number of hydrogen-bond acceptors (Lipinski definition) is 3. The second-order valence-corrected chi connectivity index (χ2v) is 5.69. The van der Waals surface area contributed by atoms with E-state index < -0.39 is 0 Å². The van der Waals surface area contributed by atoms with Gasteiger partial charge in [-0.25, -0.2) is 0 Å². The zero-order chi connectivity index (χ0) is 11.8. The average Bonchev–Trinajstić information content (AvgIpc) is 2.61. The van der Waals surface area contributed by atoms with E-state index in [-0.39, 0.29) is 5.54 Å². The third-order valence-electron chi connectivity index (χ3n) is 2.89. The summed E-state index contributed by atoms with van der Waals surface area (Å²) in [5, 5.41) is 7.27. The molecule has 1 aromatic heterocycles. The van der Waals surface area contributed by atoms with Crippen LogP contribution in [0.1, 0.15) is 45.4 Å². The van der Waals surface area contributed by atoms with Gasteiger partial charge in [0.2, 0.25) is 0 Å². The van der Waals surface area contributed by atoms with Crippen molar-refractivity contribution in [2.24, 2.45) is 0 Å². The van der Waals surface area contributed by atoms with E-state index >= 15 is 0 Å². The van der Waals surface area contributed by atoms with Crippen molar-refractivity contribution in [3.63, 3.8) is 0 Å². The molecule has 0 radical (unpaired) electrons. The molecule has 1 aliphatic rings. The van der Waals surface area contributed by atoms with E-state index in [1.54, 1.807) is 0 Å². The molecule has 1 aliphatic heterocycles. The van der Waals surface area contributed by atoms with Gasteiger partial charge in [0, 0.05) is 18.1 Å². The fourth-order valence-electron chi connectivity index (χ4n) is 2.18. The van der Waals surface area contributed by atoms with Gasteiger partial charge in [-0.05, 0) is 45.8 Å². The van der Waals surface area contributed by atoms with Crippen LogP contribution >= 0.6 is 12.2 Å². The quantitative estimate of drug-likeness (QED) is 0.768. The zero-order valence-electron chi connectivity index (χ0n) is 10.1. The number of nitrogens with zero attached hydrogens (tertiary/aromatic N) is 2. The number of nitrogens with one attached hydrogen (secondary N) is 1. The maximum atomic E-state index is 5.51. The van der Waals surface area contributed by atoms with Crippen molar-refractivity contribution in [3.05, 3.63) is 10.6 Å². The predicted octanol–water partition coefficient (Wildman–Crippen LogP) is 2.59. The van der Waals surface area contributed by atoms with Gasteiger partial charge in [-0.3, -0.25) is 9.67 Å². The van der Waals surface area contributed by atoms with Gasteiger partial charge in [0.05, 0.1) is 6.61 Å². The first-order valence-corrected chi connectivity index (χ1v) is 6.16. The third-order valence-corrected chi connectivity index (χ3v) is 3.17. The van der Waals surface area contributed by atoms with E-state index in [0.717, 1.165) is 31.9 Å². The van der Waals surface area contributed by atoms with Crippen LogP contribution in [0.2, 0.25) is 0 Å². The second kappa shape index (κ2) is 4.30. The van der Waals surface area contributed by atoms with Crippen LogP contribution in [-0.4, -0.2) is 28.0 Å². The standard InChI is InChI=1S/C11H19N3OS/c1-11(2,3)14-9(12-13-10(14)16)8-5-4-6-15-7-8/h8H,4-7H2,1-3H3,(H,13,16). The number of hydrogen-bond donors (Lipinski definition) is 1. The van der Waals surface area contributed by atoms with Gasteiger partial charge in [0.15, 0.2) is 4.77 Å². The second-order valence-electron chi connectivity index (χ2n) is 5.31. The lowest BCUT2D eigenvalue weighted by atomic mass is 9.99. The minimum atomic E-state index is -0.0309. The zero-order valence-corrected chi connectivity index (χ0v) is 10.9. The molecule has 1 N–H and O–H groups in total. The van der Waals surface area contributed by atoms with Crippen LogP contribution in [-0.2, 0) is 10.3 Å². The molecular formula is C11H19N3OS. The molecule has 1 unspecified atom stereocenters. The lowest BCUT2D eigenvalue weighted by molar-refractivity contribution is 0.0756. The molecule has 0 saturated carbocycles. The monoisotopic (exact) mass is 241 g/mol. The first kappa shape index (κ1) is 11.8. The fourth-order valence-corrected chi connectivity index (χ4v) is 2.59. The fraction of sp³-hybridized carbons (Fsp3) is 0.818. The molecule has 2 heterocycles. The van der Waals surface area contributed by atoms with Crippen LogP contribution in [0.4, 0.5) is 0 Å². The molecule has 1 fully saturated rings. The highest BCUT2D eigenvalue weighted by atomic mass is 32.1. The molecule has 5 heteroatoms. The highest BCUT2D eigenvalue weighted by molar-refractivity contribution is 7.71. The molecule has 1 saturated heterocycles. The van der Waals surface area contributed by atoms with Crippen molar-refractivity contribution in [1.82, 2.24) is 14.8 Å². The molecule has 16 heavy (non-hydrogen) atoms. The van der Waals surface area contributed by atoms with Crippen molar-refractivity contribution in [3.8, 4) is 0 Å². The summed E-state index contributed by atoms with van der Waals surface area (Å²) in [5.41, 5.74) is -0.0309. The Balaban J connectivity index is 2.37. The number of ether oxygens (including phenoxy) is 1. The van der Waals surface area contributed by atoms with Crippen molar-refractivity contribution >= 4 is 12.2 Å².